The van der Waals surface area contributed by atoms with Crippen LogP contribution in [-0.2, 0) is 4.79 Å². The van der Waals surface area contributed by atoms with Crippen molar-refractivity contribution in [3.63, 3.8) is 0 Å². The van der Waals surface area contributed by atoms with Crippen LogP contribution in [0.1, 0.15) is 18.0 Å². The molecule has 0 saturated carbocycles. The minimum Gasteiger partial charge on any atom is -0.322 e. The Hall–Kier alpha value is -2.83. The van der Waals surface area contributed by atoms with Crippen molar-refractivity contribution in [3.8, 4) is 0 Å². The SMILES string of the molecule is O=C(Nc1ccc(F)cc1F)C1CC(c2cccc3ccccc23)NN1. The van der Waals surface area contributed by atoms with Crippen molar-refractivity contribution in [2.75, 3.05) is 5.32 Å². The van der Waals surface area contributed by atoms with Gasteiger partial charge in [0.15, 0.2) is 0 Å². The van der Waals surface area contributed by atoms with Crippen LogP contribution in [0.25, 0.3) is 10.8 Å². The molecule has 0 bridgehead atoms. The lowest BCUT2D eigenvalue weighted by Crippen LogP contribution is -2.39. The third kappa shape index (κ3) is 3.16. The number of carbonyl (C=O) groups excluding carboxylic acids is 1. The second-order valence-electron chi connectivity index (χ2n) is 6.31. The Balaban J connectivity index is 1.50. The number of hydrazine groups is 1. The number of hydrogen-bond donors (Lipinski definition) is 3. The molecule has 26 heavy (non-hydrogen) atoms. The molecule has 3 aromatic rings. The predicted molar refractivity (Wildman–Crippen MR) is 96.4 cm³/mol. The number of nitrogens with one attached hydrogen (secondary N) is 3. The Kier molecular flexibility index (Phi) is 4.36. The van der Waals surface area contributed by atoms with Crippen molar-refractivity contribution in [2.24, 2.45) is 0 Å². The molecular formula is C20H17F2N3O. The molecule has 4 rings (SSSR count). The van der Waals surface area contributed by atoms with Gasteiger partial charge in [0.05, 0.1) is 5.69 Å². The fourth-order valence-corrected chi connectivity index (χ4v) is 3.30. The molecule has 2 unspecified atom stereocenters. The van der Waals surface area contributed by atoms with Crippen LogP contribution in [-0.4, -0.2) is 11.9 Å². The number of anilines is 1. The van der Waals surface area contributed by atoms with E-state index in [2.05, 4.69) is 16.2 Å². The number of fused-ring (bicyclic) bond motifs is 1. The summed E-state index contributed by atoms with van der Waals surface area (Å²) < 4.78 is 26.7. The van der Waals surface area contributed by atoms with Gasteiger partial charge >= 0.3 is 0 Å². The summed E-state index contributed by atoms with van der Waals surface area (Å²) in [4.78, 5) is 12.4. The number of carbonyl (C=O) groups is 1. The topological polar surface area (TPSA) is 53.2 Å². The summed E-state index contributed by atoms with van der Waals surface area (Å²) in [6.45, 7) is 0. The first kappa shape index (κ1) is 16.6. The summed E-state index contributed by atoms with van der Waals surface area (Å²) in [5.41, 5.74) is 7.16. The Morgan fingerprint density at radius 3 is 2.65 bits per heavy atom. The highest BCUT2D eigenvalue weighted by atomic mass is 19.1. The summed E-state index contributed by atoms with van der Waals surface area (Å²) in [6, 6.07) is 16.6. The molecule has 2 atom stereocenters. The van der Waals surface area contributed by atoms with Crippen LogP contribution in [0.5, 0.6) is 0 Å². The summed E-state index contributed by atoms with van der Waals surface area (Å²) in [6.07, 6.45) is 0.517. The highest BCUT2D eigenvalue weighted by molar-refractivity contribution is 5.95. The molecule has 0 spiro atoms. The predicted octanol–water partition coefficient (Wildman–Crippen LogP) is 3.66. The largest absolute Gasteiger partial charge is 0.322 e. The van der Waals surface area contributed by atoms with E-state index in [-0.39, 0.29) is 17.6 Å². The smallest absolute Gasteiger partial charge is 0.243 e. The normalized spacial score (nSPS) is 19.6. The first-order valence-corrected chi connectivity index (χ1v) is 8.36. The van der Waals surface area contributed by atoms with Gasteiger partial charge in [0.2, 0.25) is 5.91 Å². The van der Waals surface area contributed by atoms with Gasteiger partial charge in [-0.3, -0.25) is 4.79 Å². The van der Waals surface area contributed by atoms with Crippen LogP contribution in [0.4, 0.5) is 14.5 Å². The van der Waals surface area contributed by atoms with Gasteiger partial charge in [0.1, 0.15) is 17.7 Å². The van der Waals surface area contributed by atoms with Crippen LogP contribution < -0.4 is 16.2 Å². The molecule has 1 amide bonds. The lowest BCUT2D eigenvalue weighted by Gasteiger charge is -2.13. The third-order valence-electron chi connectivity index (χ3n) is 4.61. The number of hydrogen-bond acceptors (Lipinski definition) is 3. The highest BCUT2D eigenvalue weighted by Crippen LogP contribution is 2.29. The summed E-state index contributed by atoms with van der Waals surface area (Å²) in [5, 5.41) is 4.76. The monoisotopic (exact) mass is 353 g/mol. The van der Waals surface area contributed by atoms with Crippen LogP contribution >= 0.6 is 0 Å². The minimum absolute atomic E-state index is 0.0354. The molecule has 3 N–H and O–H groups in total. The first-order valence-electron chi connectivity index (χ1n) is 8.36. The molecule has 132 valence electrons. The molecule has 1 saturated heterocycles. The molecule has 1 aliphatic rings. The van der Waals surface area contributed by atoms with Crippen molar-refractivity contribution in [1.29, 1.82) is 0 Å². The summed E-state index contributed by atoms with van der Waals surface area (Å²) in [7, 11) is 0. The van der Waals surface area contributed by atoms with E-state index in [0.717, 1.165) is 28.5 Å². The van der Waals surface area contributed by atoms with Crippen molar-refractivity contribution < 1.29 is 13.6 Å². The molecule has 1 heterocycles. The Labute approximate surface area is 149 Å². The van der Waals surface area contributed by atoms with Gasteiger partial charge < -0.3 is 5.32 Å². The average molecular weight is 353 g/mol. The molecule has 1 fully saturated rings. The van der Waals surface area contributed by atoms with Gasteiger partial charge in [0.25, 0.3) is 0 Å². The van der Waals surface area contributed by atoms with Gasteiger partial charge in [-0.05, 0) is 34.9 Å². The summed E-state index contributed by atoms with van der Waals surface area (Å²) >= 11 is 0. The molecule has 4 nitrogen and oxygen atoms in total. The van der Waals surface area contributed by atoms with E-state index < -0.39 is 17.7 Å². The molecular weight excluding hydrogens is 336 g/mol. The molecule has 0 aliphatic carbocycles. The number of benzene rings is 3. The van der Waals surface area contributed by atoms with E-state index in [1.807, 2.05) is 42.5 Å². The van der Waals surface area contributed by atoms with E-state index in [1.54, 1.807) is 0 Å². The van der Waals surface area contributed by atoms with E-state index in [1.165, 1.54) is 6.07 Å². The van der Waals surface area contributed by atoms with Gasteiger partial charge in [-0.25, -0.2) is 19.6 Å². The van der Waals surface area contributed by atoms with Crippen molar-refractivity contribution in [2.45, 2.75) is 18.5 Å². The second kappa shape index (κ2) is 6.82. The zero-order valence-corrected chi connectivity index (χ0v) is 13.8. The van der Waals surface area contributed by atoms with Crippen LogP contribution in [0.3, 0.4) is 0 Å². The van der Waals surface area contributed by atoms with Crippen molar-refractivity contribution in [3.05, 3.63) is 77.9 Å². The Morgan fingerprint density at radius 2 is 1.81 bits per heavy atom. The Bertz CT molecular complexity index is 971. The van der Waals surface area contributed by atoms with Crippen LogP contribution in [0.15, 0.2) is 60.7 Å². The molecule has 0 radical (unpaired) electrons. The summed E-state index contributed by atoms with van der Waals surface area (Å²) in [5.74, 6) is -1.85. The average Bonchev–Trinajstić information content (AvgIpc) is 3.13. The second-order valence-corrected chi connectivity index (χ2v) is 6.31. The number of amides is 1. The maximum atomic E-state index is 13.7. The zero-order chi connectivity index (χ0) is 18.1. The molecule has 3 aromatic carbocycles. The molecule has 0 aromatic heterocycles. The fraction of sp³-hybridized carbons (Fsp3) is 0.150. The number of halogens is 2. The van der Waals surface area contributed by atoms with E-state index in [4.69, 9.17) is 0 Å². The fourth-order valence-electron chi connectivity index (χ4n) is 3.30. The highest BCUT2D eigenvalue weighted by Gasteiger charge is 2.31. The lowest BCUT2D eigenvalue weighted by atomic mass is 9.96. The van der Waals surface area contributed by atoms with Crippen LogP contribution in [0.2, 0.25) is 0 Å². The minimum atomic E-state index is -0.796. The zero-order valence-electron chi connectivity index (χ0n) is 13.8. The molecule has 6 heteroatoms. The van der Waals surface area contributed by atoms with Crippen LogP contribution in [0, 0.1) is 11.6 Å². The molecule has 1 aliphatic heterocycles. The Morgan fingerprint density at radius 1 is 1.00 bits per heavy atom. The third-order valence-corrected chi connectivity index (χ3v) is 4.61. The first-order chi connectivity index (χ1) is 12.6. The van der Waals surface area contributed by atoms with Crippen molar-refractivity contribution in [1.82, 2.24) is 10.9 Å². The van der Waals surface area contributed by atoms with Crippen molar-refractivity contribution >= 4 is 22.4 Å². The van der Waals surface area contributed by atoms with E-state index in [0.29, 0.717) is 6.42 Å². The van der Waals surface area contributed by atoms with Gasteiger partial charge in [0, 0.05) is 12.1 Å². The maximum Gasteiger partial charge on any atom is 0.243 e. The standard InChI is InChI=1S/C20H17F2N3O/c21-13-8-9-17(16(22)10-13)23-20(26)19-11-18(24-25-19)15-7-3-5-12-4-1-2-6-14(12)15/h1-10,18-19,24-25H,11H2,(H,23,26). The maximum absolute atomic E-state index is 13.7. The quantitative estimate of drug-likeness (QED) is 0.674. The van der Waals surface area contributed by atoms with Gasteiger partial charge in [-0.2, -0.15) is 0 Å². The van der Waals surface area contributed by atoms with Gasteiger partial charge in [-0.15, -0.1) is 0 Å². The number of rotatable bonds is 3. The van der Waals surface area contributed by atoms with Gasteiger partial charge in [-0.1, -0.05) is 42.5 Å². The lowest BCUT2D eigenvalue weighted by molar-refractivity contribution is -0.117. The van der Waals surface area contributed by atoms with E-state index >= 15 is 0 Å². The van der Waals surface area contributed by atoms with E-state index in [9.17, 15) is 13.6 Å².